The molecule has 0 radical (unpaired) electrons. The number of anilines is 1. The van der Waals surface area contributed by atoms with Crippen LogP contribution in [0, 0.1) is 34.5 Å². The van der Waals surface area contributed by atoms with Gasteiger partial charge >= 0.3 is 12.2 Å². The highest BCUT2D eigenvalue weighted by atomic mass is 16.7. The number of unbranched alkanes of at least 4 members (excludes halogenated alkanes) is 2. The number of hydrogen-bond acceptors (Lipinski definition) is 14. The molecule has 1 aromatic rings. The zero-order valence-corrected chi connectivity index (χ0v) is 44.2. The fourth-order valence-corrected chi connectivity index (χ4v) is 12.4. The Labute approximate surface area is 438 Å². The fraction of sp³-hybridized carbons (Fsp3) is 0.618. The molecule has 6 aliphatic rings. The van der Waals surface area contributed by atoms with Crippen molar-refractivity contribution in [3.63, 3.8) is 0 Å². The number of imide groups is 1. The molecular formula is C55H74N6O14. The summed E-state index contributed by atoms with van der Waals surface area (Å²) in [5.74, 6) is -2.90. The number of likely N-dealkylation sites (N-methyl/N-ethyl adjacent to an activating group) is 2. The Hall–Kier alpha value is -6.25. The maximum absolute atomic E-state index is 14.6. The third kappa shape index (κ3) is 12.1. The molecule has 408 valence electrons. The van der Waals surface area contributed by atoms with Crippen molar-refractivity contribution in [3.05, 3.63) is 65.8 Å². The largest absolute Gasteiger partial charge is 0.445 e. The summed E-state index contributed by atoms with van der Waals surface area (Å²) in [7, 11) is 3.02. The Morgan fingerprint density at radius 2 is 1.59 bits per heavy atom. The van der Waals surface area contributed by atoms with Crippen molar-refractivity contribution in [3.8, 4) is 0 Å². The van der Waals surface area contributed by atoms with Gasteiger partial charge in [-0.05, 0) is 92.5 Å². The first kappa shape index (κ1) is 56.5. The van der Waals surface area contributed by atoms with Gasteiger partial charge in [-0.3, -0.25) is 38.5 Å². The van der Waals surface area contributed by atoms with Gasteiger partial charge in [-0.25, -0.2) is 9.59 Å². The van der Waals surface area contributed by atoms with Crippen LogP contribution in [0.15, 0.2) is 60.2 Å². The number of amides is 7. The summed E-state index contributed by atoms with van der Waals surface area (Å²) in [6.45, 7) is 9.08. The van der Waals surface area contributed by atoms with E-state index in [2.05, 4.69) is 22.9 Å². The van der Waals surface area contributed by atoms with Crippen LogP contribution in [-0.4, -0.2) is 150 Å². The van der Waals surface area contributed by atoms with E-state index in [0.717, 1.165) is 23.3 Å². The third-order valence-corrected chi connectivity index (χ3v) is 16.4. The van der Waals surface area contributed by atoms with E-state index < -0.39 is 77.4 Å². The maximum atomic E-state index is 14.6. The molecule has 4 unspecified atom stereocenters. The molecule has 4 aliphatic carbocycles. The van der Waals surface area contributed by atoms with Crippen LogP contribution in [0.1, 0.15) is 104 Å². The number of aliphatic hydroxyl groups excluding tert-OH is 1. The zero-order chi connectivity index (χ0) is 54.4. The molecule has 2 aliphatic heterocycles. The van der Waals surface area contributed by atoms with Gasteiger partial charge in [0.15, 0.2) is 24.3 Å². The molecule has 0 bridgehead atoms. The highest BCUT2D eigenvalue weighted by Crippen LogP contribution is 2.69. The van der Waals surface area contributed by atoms with Crippen molar-refractivity contribution in [2.45, 2.75) is 136 Å². The molecular weight excluding hydrogens is 969 g/mol. The van der Waals surface area contributed by atoms with Crippen LogP contribution in [-0.2, 0) is 59.1 Å². The van der Waals surface area contributed by atoms with E-state index in [0.29, 0.717) is 49.8 Å². The molecule has 2 heterocycles. The van der Waals surface area contributed by atoms with Gasteiger partial charge in [0.05, 0.1) is 18.8 Å². The molecule has 20 heteroatoms. The quantitative estimate of drug-likeness (QED) is 0.0904. The Bertz CT molecular complexity index is 2460. The van der Waals surface area contributed by atoms with E-state index in [1.165, 1.54) is 36.0 Å². The average Bonchev–Trinajstić information content (AvgIpc) is 3.99. The maximum Gasteiger partial charge on any atom is 0.409 e. The number of carbonyl (C=O) groups is 9. The average molecular weight is 1040 g/mol. The minimum absolute atomic E-state index is 0.0291. The predicted octanol–water partition coefficient (Wildman–Crippen LogP) is 4.74. The molecule has 0 aromatic heterocycles. The van der Waals surface area contributed by atoms with Gasteiger partial charge < -0.3 is 49.8 Å². The van der Waals surface area contributed by atoms with Gasteiger partial charge in [-0.1, -0.05) is 71.2 Å². The second-order valence-corrected chi connectivity index (χ2v) is 21.7. The Kier molecular flexibility index (Phi) is 17.9. The first-order valence-corrected chi connectivity index (χ1v) is 26.4. The van der Waals surface area contributed by atoms with E-state index in [-0.39, 0.29) is 92.8 Å². The monoisotopic (exact) mass is 1040 g/mol. The molecule has 4 fully saturated rings. The topological polar surface area (TPSA) is 257 Å². The second kappa shape index (κ2) is 23.7. The number of nitrogens with zero attached hydrogens (tertiary/aromatic N) is 3. The molecule has 20 nitrogen and oxygen atoms in total. The van der Waals surface area contributed by atoms with Crippen LogP contribution in [0.25, 0.3) is 0 Å². The van der Waals surface area contributed by atoms with Crippen LogP contribution >= 0.6 is 0 Å². The summed E-state index contributed by atoms with van der Waals surface area (Å²) < 4.78 is 24.3. The van der Waals surface area contributed by atoms with Gasteiger partial charge in [-0.2, -0.15) is 0 Å². The van der Waals surface area contributed by atoms with E-state index in [1.54, 1.807) is 50.3 Å². The fourth-order valence-electron chi connectivity index (χ4n) is 12.4. The highest BCUT2D eigenvalue weighted by Gasteiger charge is 2.76. The number of benzene rings is 1. The molecule has 4 N–H and O–H groups in total. The number of Topliss-reactive ketones (excluding diaryl/α,β-unsaturated/α-hetero) is 1. The van der Waals surface area contributed by atoms with Gasteiger partial charge in [0.2, 0.25) is 23.5 Å². The van der Waals surface area contributed by atoms with Crippen molar-refractivity contribution in [2.75, 3.05) is 52.2 Å². The lowest BCUT2D eigenvalue weighted by Gasteiger charge is -2.59. The Morgan fingerprint density at radius 3 is 2.25 bits per heavy atom. The number of hydrogen-bond donors (Lipinski definition) is 4. The van der Waals surface area contributed by atoms with E-state index in [1.807, 2.05) is 19.9 Å². The molecule has 75 heavy (non-hydrogen) atoms. The van der Waals surface area contributed by atoms with Crippen molar-refractivity contribution < 1.29 is 67.2 Å². The Balaban J connectivity index is 0.816. The number of aliphatic hydroxyl groups is 1. The number of rotatable bonds is 22. The summed E-state index contributed by atoms with van der Waals surface area (Å²) >= 11 is 0. The third-order valence-electron chi connectivity index (χ3n) is 16.4. The summed E-state index contributed by atoms with van der Waals surface area (Å²) in [6, 6.07) is 5.68. The van der Waals surface area contributed by atoms with Crippen LogP contribution in [0.4, 0.5) is 15.3 Å². The van der Waals surface area contributed by atoms with Crippen LogP contribution < -0.4 is 16.0 Å². The zero-order valence-electron chi connectivity index (χ0n) is 44.2. The summed E-state index contributed by atoms with van der Waals surface area (Å²) in [5, 5.41) is 20.0. The van der Waals surface area contributed by atoms with Crippen LogP contribution in [0.2, 0.25) is 0 Å². The van der Waals surface area contributed by atoms with Crippen molar-refractivity contribution in [2.24, 2.45) is 34.5 Å². The normalized spacial score (nSPS) is 28.6. The number of carbonyl (C=O) groups excluding carboxylic acids is 9. The number of fused-ring (bicyclic) bond motifs is 7. The van der Waals surface area contributed by atoms with Gasteiger partial charge in [0.25, 0.3) is 11.8 Å². The molecule has 0 spiro atoms. The second-order valence-electron chi connectivity index (χ2n) is 21.7. The minimum Gasteiger partial charge on any atom is -0.445 e. The SMILES string of the molecule is CCCC1O[C@@H]2CC3[C@@H]4CCC5=CC(=O)C=C[C@]5(C)C4[C@@H](O)C[C@]3(C)[C@]2(C(=O)COC(=O)N(C)CCN(C)C(=O)OCc2ccc(NC(=O)CNC(=O)C(NC(=O)CCCCCN3C(=O)C=CC3=O)C(C)C)cc2)O1. The van der Waals surface area contributed by atoms with E-state index in [9.17, 15) is 48.3 Å². The van der Waals surface area contributed by atoms with Gasteiger partial charge in [0, 0.05) is 74.7 Å². The first-order chi connectivity index (χ1) is 35.6. The summed E-state index contributed by atoms with van der Waals surface area (Å²) in [5.41, 5.74) is -0.659. The van der Waals surface area contributed by atoms with Crippen molar-refractivity contribution in [1.29, 1.82) is 0 Å². The lowest BCUT2D eigenvalue weighted by atomic mass is 9.46. The minimum atomic E-state index is -1.44. The molecule has 10 atom stereocenters. The van der Waals surface area contributed by atoms with Crippen molar-refractivity contribution >= 4 is 59.0 Å². The molecule has 7 amide bonds. The van der Waals surface area contributed by atoms with Crippen LogP contribution in [0.3, 0.4) is 0 Å². The molecule has 1 aromatic carbocycles. The smallest absolute Gasteiger partial charge is 0.409 e. The lowest BCUT2D eigenvalue weighted by Crippen LogP contribution is -2.63. The predicted molar refractivity (Wildman–Crippen MR) is 272 cm³/mol. The number of allylic oxidation sites excluding steroid dienone is 4. The molecule has 7 rings (SSSR count). The number of ether oxygens (including phenoxy) is 4. The van der Waals surface area contributed by atoms with E-state index in [4.69, 9.17) is 18.9 Å². The lowest BCUT2D eigenvalue weighted by molar-refractivity contribution is -0.200. The van der Waals surface area contributed by atoms with Gasteiger partial charge in [-0.15, -0.1) is 0 Å². The Morgan fingerprint density at radius 1 is 0.907 bits per heavy atom. The van der Waals surface area contributed by atoms with E-state index >= 15 is 0 Å². The molecule has 1 saturated heterocycles. The van der Waals surface area contributed by atoms with Gasteiger partial charge in [0.1, 0.15) is 12.6 Å². The highest BCUT2D eigenvalue weighted by molar-refractivity contribution is 6.12. The standard InChI is InChI=1S/C55H74N6O14/c1-8-12-47-74-42-28-39-38-19-16-35-27-37(62)22-23-53(35,4)48(38)40(63)29-54(39,5)55(42,75-47)41(64)32-73-52(71)60(7)26-25-59(6)51(70)72-31-34-14-17-36(18-15-34)57-44(66)30-56-50(69)49(33(2)3)58-43(65)13-10-9-11-24-61-45(67)20-21-46(61)68/h14-15,17-18,20-23,27,33,38-40,42,47-49,63H,8-13,16,19,24-26,28-32H2,1-7H3,(H,56,69)(H,57,66)(H,58,65)/t38-,39?,40-,42+,47?,48?,49?,53-,54-,55+/m0/s1. The summed E-state index contributed by atoms with van der Waals surface area (Å²) in [4.78, 5) is 119. The molecule has 3 saturated carbocycles. The van der Waals surface area contributed by atoms with Crippen molar-refractivity contribution in [1.82, 2.24) is 25.3 Å². The summed E-state index contributed by atoms with van der Waals surface area (Å²) in [6.07, 6.45) is 9.76. The number of ketones is 2. The first-order valence-electron chi connectivity index (χ1n) is 26.4. The number of nitrogens with one attached hydrogen (secondary N) is 3. The van der Waals surface area contributed by atoms with Crippen LogP contribution in [0.5, 0.6) is 0 Å².